The van der Waals surface area contributed by atoms with E-state index in [1.54, 1.807) is 45.2 Å². The number of rotatable bonds is 6. The zero-order valence-electron chi connectivity index (χ0n) is 18.7. The zero-order valence-corrected chi connectivity index (χ0v) is 19.6. The van der Waals surface area contributed by atoms with Crippen LogP contribution in [0.3, 0.4) is 0 Å². The van der Waals surface area contributed by atoms with Gasteiger partial charge in [0.05, 0.1) is 27.4 Å². The summed E-state index contributed by atoms with van der Waals surface area (Å²) < 4.78 is 25.7. The molecule has 4 atom stereocenters. The Labute approximate surface area is 203 Å². The van der Waals surface area contributed by atoms with E-state index < -0.39 is 24.6 Å². The number of aliphatic hydroxyl groups excluding tert-OH is 1. The fraction of sp³-hybridized carbons (Fsp3) is 0.304. The molecule has 0 aliphatic carbocycles. The lowest BCUT2D eigenvalue weighted by Gasteiger charge is -2.16. The van der Waals surface area contributed by atoms with Gasteiger partial charge in [-0.3, -0.25) is 0 Å². The van der Waals surface area contributed by atoms with Gasteiger partial charge in [-0.1, -0.05) is 17.4 Å². The Hall–Kier alpha value is -3.61. The molecular weight excluding hydrogens is 471 g/mol. The normalized spacial score (nSPS) is 22.4. The van der Waals surface area contributed by atoms with Crippen LogP contribution in [0.1, 0.15) is 18.2 Å². The van der Waals surface area contributed by atoms with Crippen LogP contribution in [0.4, 0.5) is 15.3 Å². The number of hydrogen-bond donors (Lipinski definition) is 3. The summed E-state index contributed by atoms with van der Waals surface area (Å²) in [5.41, 5.74) is 9.11. The van der Waals surface area contributed by atoms with Gasteiger partial charge >= 0.3 is 0 Å². The molecule has 1 saturated heterocycles. The van der Waals surface area contributed by atoms with Crippen molar-refractivity contribution in [1.82, 2.24) is 29.3 Å². The predicted octanol–water partition coefficient (Wildman–Crippen LogP) is 3.08. The van der Waals surface area contributed by atoms with Gasteiger partial charge in [-0.05, 0) is 36.6 Å². The van der Waals surface area contributed by atoms with E-state index in [0.29, 0.717) is 29.6 Å². The highest BCUT2D eigenvalue weighted by Gasteiger charge is 2.45. The average Bonchev–Trinajstić information content (AvgIpc) is 3.64. The first-order valence-electron chi connectivity index (χ1n) is 11.2. The Morgan fingerprint density at radius 3 is 3.00 bits per heavy atom. The maximum Gasteiger partial charge on any atom is 0.183 e. The maximum atomic E-state index is 15.4. The van der Waals surface area contributed by atoms with E-state index in [1.807, 2.05) is 25.2 Å². The number of benzene rings is 1. The van der Waals surface area contributed by atoms with Crippen LogP contribution >= 0.6 is 11.3 Å². The van der Waals surface area contributed by atoms with Crippen LogP contribution < -0.4 is 11.1 Å². The lowest BCUT2D eigenvalue weighted by Crippen LogP contribution is -2.28. The number of hydrogen-bond acceptors (Lipinski definition) is 9. The largest absolute Gasteiger partial charge is 0.387 e. The van der Waals surface area contributed by atoms with Crippen molar-refractivity contribution in [2.75, 3.05) is 18.1 Å². The third kappa shape index (κ3) is 3.70. The molecule has 12 heteroatoms. The van der Waals surface area contributed by atoms with Crippen molar-refractivity contribution in [3.63, 3.8) is 0 Å². The lowest BCUT2D eigenvalue weighted by molar-refractivity contribution is -0.0255. The fourth-order valence-electron chi connectivity index (χ4n) is 4.58. The van der Waals surface area contributed by atoms with Crippen molar-refractivity contribution >= 4 is 43.5 Å². The summed E-state index contributed by atoms with van der Waals surface area (Å²) in [6.45, 7) is 0. The maximum absolute atomic E-state index is 15.4. The Kier molecular flexibility index (Phi) is 5.35. The number of thiazole rings is 1. The minimum Gasteiger partial charge on any atom is -0.387 e. The second-order valence-corrected chi connectivity index (χ2v) is 9.47. The van der Waals surface area contributed by atoms with Gasteiger partial charge in [-0.15, -0.1) is 0 Å². The van der Waals surface area contributed by atoms with Gasteiger partial charge in [-0.25, -0.2) is 24.0 Å². The number of halogens is 1. The molecule has 1 aliphatic rings. The second-order valence-electron chi connectivity index (χ2n) is 8.44. The average molecular weight is 495 g/mol. The number of anilines is 2. The predicted molar refractivity (Wildman–Crippen MR) is 131 cm³/mol. The molecule has 0 unspecified atom stereocenters. The summed E-state index contributed by atoms with van der Waals surface area (Å²) in [7, 11) is 1.84. The van der Waals surface area contributed by atoms with Crippen LogP contribution in [0.15, 0.2) is 49.2 Å². The first kappa shape index (κ1) is 21.9. The first-order valence-corrected chi connectivity index (χ1v) is 12.0. The van der Waals surface area contributed by atoms with Crippen LogP contribution in [-0.4, -0.2) is 59.8 Å². The summed E-state index contributed by atoms with van der Waals surface area (Å²) in [4.78, 5) is 12.9. The molecule has 0 amide bonds. The molecule has 0 bridgehead atoms. The monoisotopic (exact) mass is 494 g/mol. The molecule has 1 aliphatic heterocycles. The van der Waals surface area contributed by atoms with E-state index in [2.05, 4.69) is 25.4 Å². The van der Waals surface area contributed by atoms with E-state index in [0.717, 1.165) is 20.9 Å². The summed E-state index contributed by atoms with van der Waals surface area (Å²) in [6.07, 6.45) is 2.81. The molecule has 1 aromatic carbocycles. The molecule has 4 N–H and O–H groups in total. The summed E-state index contributed by atoms with van der Waals surface area (Å²) in [5, 5.41) is 19.4. The summed E-state index contributed by atoms with van der Waals surface area (Å²) >= 11 is 1.59. The molecule has 35 heavy (non-hydrogen) atoms. The number of aryl methyl sites for hydroxylation is 1. The SMILES string of the molecule is CNc1nc2cc(CC[C@H]3O[C@@H](n4cc(-n5cccn5)c5c(N)ncnc54)[C@@H](F)[C@@H]3O)ccc2s1. The number of ether oxygens (including phenoxy) is 1. The van der Waals surface area contributed by atoms with Crippen LogP contribution in [0, 0.1) is 0 Å². The number of nitrogens with one attached hydrogen (secondary N) is 1. The molecule has 6 rings (SSSR count). The fourth-order valence-corrected chi connectivity index (χ4v) is 5.38. The quantitative estimate of drug-likeness (QED) is 0.329. The Morgan fingerprint density at radius 2 is 2.20 bits per heavy atom. The molecule has 0 saturated carbocycles. The second kappa shape index (κ2) is 8.56. The van der Waals surface area contributed by atoms with Crippen molar-refractivity contribution in [2.45, 2.75) is 37.4 Å². The molecule has 0 radical (unpaired) electrons. The first-order chi connectivity index (χ1) is 17.0. The van der Waals surface area contributed by atoms with E-state index in [-0.39, 0.29) is 5.82 Å². The van der Waals surface area contributed by atoms with Crippen molar-refractivity contribution in [3.05, 3.63) is 54.7 Å². The van der Waals surface area contributed by atoms with Gasteiger partial charge in [-0.2, -0.15) is 5.10 Å². The van der Waals surface area contributed by atoms with E-state index in [4.69, 9.17) is 10.5 Å². The van der Waals surface area contributed by atoms with Crippen LogP contribution in [0.25, 0.3) is 26.9 Å². The Morgan fingerprint density at radius 1 is 1.31 bits per heavy atom. The van der Waals surface area contributed by atoms with Gasteiger partial charge in [0.15, 0.2) is 17.5 Å². The van der Waals surface area contributed by atoms with Gasteiger partial charge in [0.1, 0.15) is 23.9 Å². The molecule has 4 aromatic heterocycles. The Bertz CT molecular complexity index is 1500. The van der Waals surface area contributed by atoms with Crippen LogP contribution in [0.5, 0.6) is 0 Å². The highest BCUT2D eigenvalue weighted by Crippen LogP contribution is 2.38. The lowest BCUT2D eigenvalue weighted by atomic mass is 10.0. The van der Waals surface area contributed by atoms with Crippen LogP contribution in [-0.2, 0) is 11.2 Å². The minimum absolute atomic E-state index is 0.253. The highest BCUT2D eigenvalue weighted by atomic mass is 32.1. The van der Waals surface area contributed by atoms with Crippen molar-refractivity contribution in [1.29, 1.82) is 0 Å². The van der Waals surface area contributed by atoms with Crippen LogP contribution in [0.2, 0.25) is 0 Å². The van der Waals surface area contributed by atoms with Crippen molar-refractivity contribution in [2.24, 2.45) is 0 Å². The molecule has 180 valence electrons. The number of fused-ring (bicyclic) bond motifs is 2. The molecule has 5 heterocycles. The highest BCUT2D eigenvalue weighted by molar-refractivity contribution is 7.22. The van der Waals surface area contributed by atoms with Gasteiger partial charge in [0, 0.05) is 25.6 Å². The van der Waals surface area contributed by atoms with Crippen molar-refractivity contribution in [3.8, 4) is 5.69 Å². The topological polar surface area (TPSA) is 129 Å². The number of aliphatic hydroxyl groups is 1. The molecular formula is C23H23FN8O2S. The standard InChI is InChI=1S/C23H23FN8O2S/c1-26-23-30-13-9-12(4-6-16(13)35-23)3-5-15-19(33)18(24)22(34-15)31-10-14(32-8-2-7-29-32)17-20(25)27-11-28-21(17)31/h2,4,6-11,15,18-19,22,33H,3,5H2,1H3,(H,26,30)(H2,25,27,28)/t15-,18+,19-,22-/m1/s1. The van der Waals surface area contributed by atoms with Gasteiger partial charge < -0.3 is 25.5 Å². The van der Waals surface area contributed by atoms with Crippen molar-refractivity contribution < 1.29 is 14.2 Å². The summed E-state index contributed by atoms with van der Waals surface area (Å²) in [5.74, 6) is 0.253. The number of nitrogens with two attached hydrogens (primary N) is 1. The summed E-state index contributed by atoms with van der Waals surface area (Å²) in [6, 6.07) is 7.85. The minimum atomic E-state index is -1.64. The number of nitrogens with zero attached hydrogens (tertiary/aromatic N) is 6. The van der Waals surface area contributed by atoms with E-state index >= 15 is 4.39 Å². The van der Waals surface area contributed by atoms with Gasteiger partial charge in [0.25, 0.3) is 0 Å². The Balaban J connectivity index is 1.26. The molecule has 0 spiro atoms. The number of nitrogen functional groups attached to an aromatic ring is 1. The van der Waals surface area contributed by atoms with E-state index in [9.17, 15) is 5.11 Å². The van der Waals surface area contributed by atoms with E-state index in [1.165, 1.54) is 6.33 Å². The zero-order chi connectivity index (χ0) is 24.1. The molecule has 5 aromatic rings. The number of aromatic nitrogens is 6. The van der Waals surface area contributed by atoms with Gasteiger partial charge in [0.2, 0.25) is 0 Å². The molecule has 1 fully saturated rings. The number of alkyl halides is 1. The molecule has 10 nitrogen and oxygen atoms in total. The smallest absolute Gasteiger partial charge is 0.183 e. The third-order valence-electron chi connectivity index (χ3n) is 6.32. The third-order valence-corrected chi connectivity index (χ3v) is 7.38.